The number of ether oxygens (including phenoxy) is 4. The molecule has 5 aromatic rings. The van der Waals surface area contributed by atoms with Gasteiger partial charge in [-0.2, -0.15) is 0 Å². The van der Waals surface area contributed by atoms with Crippen LogP contribution in [0.5, 0.6) is 11.5 Å². The van der Waals surface area contributed by atoms with Gasteiger partial charge >= 0.3 is 0 Å². The average molecular weight is 611 g/mol. The van der Waals surface area contributed by atoms with Crippen molar-refractivity contribution in [3.05, 3.63) is 136 Å². The van der Waals surface area contributed by atoms with Crippen LogP contribution in [0.2, 0.25) is 0 Å². The van der Waals surface area contributed by atoms with Crippen LogP contribution in [0.25, 0.3) is 28.0 Å². The highest BCUT2D eigenvalue weighted by atomic mass is 16.5. The van der Waals surface area contributed by atoms with E-state index in [0.29, 0.717) is 13.2 Å². The molecule has 0 aromatic heterocycles. The zero-order valence-electron chi connectivity index (χ0n) is 27.7. The number of aryl methyl sites for hydroxylation is 3. The fourth-order valence-corrected chi connectivity index (χ4v) is 7.75. The van der Waals surface area contributed by atoms with Gasteiger partial charge in [-0.15, -0.1) is 0 Å². The standard InChI is InChI=1S/C42H42O4/c1-27-7-11-30(12-8-27)42(31-13-15-32(45-6)16-14-31)20-19-35-39-38(33-17-9-28(2)25-36(33)40(35)46-42)34-18-10-29(3)26-37(34)41(39,21-23-43-4)22-24-44-5/h7-20,25-26H,21-24H2,1-6H3. The molecule has 234 valence electrons. The molecular formula is C42H42O4. The molecule has 2 aliphatic rings. The maximum Gasteiger partial charge on any atom is 0.178 e. The molecule has 5 aromatic carbocycles. The van der Waals surface area contributed by atoms with Crippen molar-refractivity contribution < 1.29 is 18.9 Å². The Balaban J connectivity index is 1.57. The molecule has 1 aliphatic carbocycles. The van der Waals surface area contributed by atoms with Gasteiger partial charge in [-0.3, -0.25) is 0 Å². The van der Waals surface area contributed by atoms with Gasteiger partial charge in [0.1, 0.15) is 11.5 Å². The first-order valence-corrected chi connectivity index (χ1v) is 16.2. The summed E-state index contributed by atoms with van der Waals surface area (Å²) in [6, 6.07) is 30.7. The molecule has 0 N–H and O–H groups in total. The predicted molar refractivity (Wildman–Crippen MR) is 187 cm³/mol. The van der Waals surface area contributed by atoms with Crippen molar-refractivity contribution >= 4 is 16.8 Å². The van der Waals surface area contributed by atoms with Crippen LogP contribution in [0.4, 0.5) is 0 Å². The molecule has 4 heteroatoms. The van der Waals surface area contributed by atoms with E-state index in [9.17, 15) is 0 Å². The normalized spacial score (nSPS) is 17.3. The van der Waals surface area contributed by atoms with Crippen LogP contribution in [0.1, 0.15) is 57.3 Å². The van der Waals surface area contributed by atoms with E-state index < -0.39 is 5.60 Å². The van der Waals surface area contributed by atoms with E-state index >= 15 is 0 Å². The summed E-state index contributed by atoms with van der Waals surface area (Å²) in [5, 5.41) is 2.34. The highest BCUT2D eigenvalue weighted by molar-refractivity contribution is 6.08. The summed E-state index contributed by atoms with van der Waals surface area (Å²) in [4.78, 5) is 0. The van der Waals surface area contributed by atoms with Gasteiger partial charge in [0.15, 0.2) is 5.60 Å². The smallest absolute Gasteiger partial charge is 0.178 e. The van der Waals surface area contributed by atoms with Crippen molar-refractivity contribution in [2.24, 2.45) is 0 Å². The summed E-state index contributed by atoms with van der Waals surface area (Å²) in [6.07, 6.45) is 6.27. The fraction of sp³-hybridized carbons (Fsp3) is 0.286. The van der Waals surface area contributed by atoms with Crippen LogP contribution in [-0.4, -0.2) is 34.5 Å². The van der Waals surface area contributed by atoms with E-state index in [1.54, 1.807) is 21.3 Å². The lowest BCUT2D eigenvalue weighted by molar-refractivity contribution is 0.143. The van der Waals surface area contributed by atoms with Crippen LogP contribution < -0.4 is 9.47 Å². The van der Waals surface area contributed by atoms with Crippen LogP contribution in [-0.2, 0) is 20.5 Å². The fourth-order valence-electron chi connectivity index (χ4n) is 7.75. The van der Waals surface area contributed by atoms with Crippen molar-refractivity contribution in [1.82, 2.24) is 0 Å². The molecule has 0 radical (unpaired) electrons. The minimum Gasteiger partial charge on any atom is -0.497 e. The van der Waals surface area contributed by atoms with E-state index in [-0.39, 0.29) is 5.41 Å². The van der Waals surface area contributed by atoms with Gasteiger partial charge in [-0.1, -0.05) is 89.5 Å². The summed E-state index contributed by atoms with van der Waals surface area (Å²) >= 11 is 0. The summed E-state index contributed by atoms with van der Waals surface area (Å²) in [5.41, 5.74) is 11.1. The molecular weight excluding hydrogens is 568 g/mol. The molecule has 0 spiro atoms. The van der Waals surface area contributed by atoms with Crippen LogP contribution in [0.15, 0.2) is 91.0 Å². The lowest BCUT2D eigenvalue weighted by atomic mass is 9.70. The van der Waals surface area contributed by atoms with E-state index in [0.717, 1.165) is 46.4 Å². The summed E-state index contributed by atoms with van der Waals surface area (Å²) in [6.45, 7) is 7.75. The molecule has 1 heterocycles. The second-order valence-electron chi connectivity index (χ2n) is 12.9. The van der Waals surface area contributed by atoms with E-state index in [1.807, 2.05) is 12.1 Å². The van der Waals surface area contributed by atoms with Crippen molar-refractivity contribution in [2.45, 2.75) is 44.6 Å². The minimum absolute atomic E-state index is 0.302. The van der Waals surface area contributed by atoms with Gasteiger partial charge in [0.05, 0.1) is 7.11 Å². The number of hydrogen-bond acceptors (Lipinski definition) is 4. The Labute approximate surface area is 272 Å². The Morgan fingerprint density at radius 3 is 1.91 bits per heavy atom. The molecule has 0 bridgehead atoms. The van der Waals surface area contributed by atoms with Gasteiger partial charge in [0.2, 0.25) is 0 Å². The van der Waals surface area contributed by atoms with E-state index in [4.69, 9.17) is 18.9 Å². The van der Waals surface area contributed by atoms with Crippen LogP contribution in [0, 0.1) is 20.8 Å². The maximum atomic E-state index is 7.53. The first kappa shape index (κ1) is 30.3. The van der Waals surface area contributed by atoms with Crippen molar-refractivity contribution in [1.29, 1.82) is 0 Å². The molecule has 46 heavy (non-hydrogen) atoms. The van der Waals surface area contributed by atoms with Gasteiger partial charge in [0, 0.05) is 54.9 Å². The van der Waals surface area contributed by atoms with Gasteiger partial charge in [0.25, 0.3) is 0 Å². The highest BCUT2D eigenvalue weighted by Gasteiger charge is 2.48. The third-order valence-corrected chi connectivity index (χ3v) is 10.1. The monoisotopic (exact) mass is 610 g/mol. The topological polar surface area (TPSA) is 36.9 Å². The van der Waals surface area contributed by atoms with Crippen molar-refractivity contribution in [3.63, 3.8) is 0 Å². The van der Waals surface area contributed by atoms with Gasteiger partial charge in [-0.05, 0) is 85.5 Å². The SMILES string of the molecule is COCCC1(CCOC)c2cc(C)ccc2-c2c1c1c(c3cc(C)ccc23)OC(c2ccc(C)cc2)(c2ccc(OC)cc2)C=C1. The molecule has 1 atom stereocenters. The second kappa shape index (κ2) is 11.8. The minimum atomic E-state index is -0.832. The van der Waals surface area contributed by atoms with E-state index in [1.165, 1.54) is 44.3 Å². The predicted octanol–water partition coefficient (Wildman–Crippen LogP) is 9.46. The lowest BCUT2D eigenvalue weighted by Gasteiger charge is -2.40. The van der Waals surface area contributed by atoms with E-state index in [2.05, 4.69) is 106 Å². The molecule has 0 amide bonds. The molecule has 0 saturated carbocycles. The number of methoxy groups -OCH3 is 3. The Morgan fingerprint density at radius 2 is 1.26 bits per heavy atom. The van der Waals surface area contributed by atoms with Crippen LogP contribution in [0.3, 0.4) is 0 Å². The largest absolute Gasteiger partial charge is 0.497 e. The molecule has 0 saturated heterocycles. The maximum absolute atomic E-state index is 7.53. The molecule has 0 fully saturated rings. The second-order valence-corrected chi connectivity index (χ2v) is 12.9. The zero-order chi connectivity index (χ0) is 32.1. The number of fused-ring (bicyclic) bond motifs is 8. The Kier molecular flexibility index (Phi) is 7.75. The summed E-state index contributed by atoms with van der Waals surface area (Å²) in [5.74, 6) is 1.73. The third-order valence-electron chi connectivity index (χ3n) is 10.1. The Morgan fingerprint density at radius 1 is 0.652 bits per heavy atom. The number of hydrogen-bond donors (Lipinski definition) is 0. The van der Waals surface area contributed by atoms with Crippen LogP contribution >= 0.6 is 0 Å². The molecule has 7 rings (SSSR count). The Hall–Kier alpha value is -4.38. The quantitative estimate of drug-likeness (QED) is 0.167. The lowest BCUT2D eigenvalue weighted by Crippen LogP contribution is -2.36. The first-order valence-electron chi connectivity index (χ1n) is 16.2. The van der Waals surface area contributed by atoms with Crippen molar-refractivity contribution in [2.75, 3.05) is 34.5 Å². The molecule has 4 nitrogen and oxygen atoms in total. The highest BCUT2D eigenvalue weighted by Crippen LogP contribution is 2.60. The van der Waals surface area contributed by atoms with Crippen molar-refractivity contribution in [3.8, 4) is 22.6 Å². The third kappa shape index (κ3) is 4.66. The number of benzene rings is 5. The Bertz CT molecular complexity index is 1940. The van der Waals surface area contributed by atoms with Gasteiger partial charge in [-0.25, -0.2) is 0 Å². The molecule has 1 aliphatic heterocycles. The molecule has 1 unspecified atom stereocenters. The summed E-state index contributed by atoms with van der Waals surface area (Å²) in [7, 11) is 5.29. The zero-order valence-corrected chi connectivity index (χ0v) is 27.7. The number of rotatable bonds is 9. The summed E-state index contributed by atoms with van der Waals surface area (Å²) < 4.78 is 24.7. The van der Waals surface area contributed by atoms with Gasteiger partial charge < -0.3 is 18.9 Å². The average Bonchev–Trinajstić information content (AvgIpc) is 3.36. The first-order chi connectivity index (χ1) is 22.3.